The molecular formula is C20H20FN3O3S3. The number of thiazole rings is 1. The number of carbonyl (C=O) groups excluding carboxylic acids is 1. The maximum absolute atomic E-state index is 14.3. The fourth-order valence-electron chi connectivity index (χ4n) is 3.54. The van der Waals surface area contributed by atoms with Crippen molar-refractivity contribution >= 4 is 48.8 Å². The standard InChI is InChI=1S/C20H20FN3O3S3/c1-2-10-24-18-15(21)5-3-6-16(18)29-20(24)22-19(25)14-8-11-23(12-9-14)30(26,27)17-7-4-13-28-17/h2-7,13-14H,1,8-12H2. The number of fused-ring (bicyclic) bond motifs is 1. The largest absolute Gasteiger partial charge is 0.310 e. The SMILES string of the molecule is C=CCn1c(=NC(=O)C2CCN(S(=O)(=O)c3cccs3)CC2)sc2cccc(F)c21. The van der Waals surface area contributed by atoms with Gasteiger partial charge in [0.2, 0.25) is 0 Å². The third kappa shape index (κ3) is 3.92. The Morgan fingerprint density at radius 2 is 2.03 bits per heavy atom. The third-order valence-corrected chi connectivity index (χ3v) is 9.38. The van der Waals surface area contributed by atoms with E-state index >= 15 is 0 Å². The molecule has 10 heteroatoms. The van der Waals surface area contributed by atoms with Crippen LogP contribution in [0.3, 0.4) is 0 Å². The maximum Gasteiger partial charge on any atom is 0.252 e. The predicted octanol–water partition coefficient (Wildman–Crippen LogP) is 3.62. The van der Waals surface area contributed by atoms with E-state index in [2.05, 4.69) is 11.6 Å². The number of aromatic nitrogens is 1. The molecule has 0 saturated carbocycles. The molecule has 3 aromatic rings. The number of allylic oxidation sites excluding steroid dienone is 1. The van der Waals surface area contributed by atoms with E-state index in [0.29, 0.717) is 38.6 Å². The number of benzene rings is 1. The van der Waals surface area contributed by atoms with Crippen molar-refractivity contribution in [2.24, 2.45) is 10.9 Å². The zero-order valence-electron chi connectivity index (χ0n) is 16.0. The lowest BCUT2D eigenvalue weighted by atomic mass is 9.98. The van der Waals surface area contributed by atoms with Crippen molar-refractivity contribution < 1.29 is 17.6 Å². The molecule has 1 saturated heterocycles. The number of hydrogen-bond acceptors (Lipinski definition) is 5. The van der Waals surface area contributed by atoms with Crippen molar-refractivity contribution in [3.8, 4) is 0 Å². The molecule has 158 valence electrons. The fourth-order valence-corrected chi connectivity index (χ4v) is 7.21. The van der Waals surface area contributed by atoms with Crippen molar-refractivity contribution in [1.29, 1.82) is 0 Å². The smallest absolute Gasteiger partial charge is 0.252 e. The second-order valence-electron chi connectivity index (χ2n) is 6.93. The number of rotatable bonds is 5. The molecule has 1 aliphatic heterocycles. The summed E-state index contributed by atoms with van der Waals surface area (Å²) in [5, 5.41) is 1.73. The van der Waals surface area contributed by atoms with E-state index < -0.39 is 10.0 Å². The van der Waals surface area contributed by atoms with Gasteiger partial charge >= 0.3 is 0 Å². The van der Waals surface area contributed by atoms with Crippen LogP contribution in [0.15, 0.2) is 57.6 Å². The van der Waals surface area contributed by atoms with Crippen molar-refractivity contribution in [3.05, 3.63) is 59.0 Å². The minimum Gasteiger partial charge on any atom is -0.310 e. The van der Waals surface area contributed by atoms with Crippen molar-refractivity contribution in [2.75, 3.05) is 13.1 Å². The highest BCUT2D eigenvalue weighted by Gasteiger charge is 2.32. The minimum atomic E-state index is -3.51. The monoisotopic (exact) mass is 465 g/mol. The number of carbonyl (C=O) groups is 1. The molecule has 0 spiro atoms. The maximum atomic E-state index is 14.3. The molecule has 0 bridgehead atoms. The van der Waals surface area contributed by atoms with Crippen LogP contribution < -0.4 is 4.80 Å². The first-order valence-electron chi connectivity index (χ1n) is 9.43. The molecule has 3 heterocycles. The summed E-state index contributed by atoms with van der Waals surface area (Å²) >= 11 is 2.44. The van der Waals surface area contributed by atoms with Gasteiger partial charge in [-0.05, 0) is 36.4 Å². The Labute approximate surface area is 181 Å². The van der Waals surface area contributed by atoms with Gasteiger partial charge in [-0.2, -0.15) is 9.30 Å². The molecule has 0 atom stereocenters. The van der Waals surface area contributed by atoms with Gasteiger partial charge in [-0.3, -0.25) is 4.79 Å². The highest BCUT2D eigenvalue weighted by atomic mass is 32.2. The zero-order chi connectivity index (χ0) is 21.3. The van der Waals surface area contributed by atoms with Gasteiger partial charge in [0, 0.05) is 25.6 Å². The number of piperidine rings is 1. The van der Waals surface area contributed by atoms with E-state index in [-0.39, 0.29) is 30.7 Å². The highest BCUT2D eigenvalue weighted by molar-refractivity contribution is 7.91. The lowest BCUT2D eigenvalue weighted by Gasteiger charge is -2.29. The molecule has 0 radical (unpaired) electrons. The van der Waals surface area contributed by atoms with Gasteiger partial charge in [0.25, 0.3) is 15.9 Å². The number of thiophene rings is 1. The number of halogens is 1. The first kappa shape index (κ1) is 21.1. The third-order valence-electron chi connectivity index (χ3n) is 5.06. The Morgan fingerprint density at radius 1 is 1.27 bits per heavy atom. The zero-order valence-corrected chi connectivity index (χ0v) is 18.5. The van der Waals surface area contributed by atoms with Crippen LogP contribution in [0.1, 0.15) is 12.8 Å². The van der Waals surface area contributed by atoms with E-state index in [1.165, 1.54) is 33.0 Å². The van der Waals surface area contributed by atoms with Crippen LogP contribution in [0.5, 0.6) is 0 Å². The molecule has 1 aromatic carbocycles. The van der Waals surface area contributed by atoms with Crippen LogP contribution in [0, 0.1) is 11.7 Å². The average molecular weight is 466 g/mol. The topological polar surface area (TPSA) is 71.7 Å². The van der Waals surface area contributed by atoms with Gasteiger partial charge < -0.3 is 4.57 Å². The first-order valence-corrected chi connectivity index (χ1v) is 12.6. The minimum absolute atomic E-state index is 0.278. The van der Waals surface area contributed by atoms with Gasteiger partial charge in [-0.15, -0.1) is 17.9 Å². The summed E-state index contributed by atoms with van der Waals surface area (Å²) in [4.78, 5) is 17.5. The second kappa shape index (κ2) is 8.54. The van der Waals surface area contributed by atoms with Crippen LogP contribution in [-0.4, -0.2) is 36.3 Å². The Kier molecular flexibility index (Phi) is 6.01. The van der Waals surface area contributed by atoms with Gasteiger partial charge in [0.15, 0.2) is 4.80 Å². The number of hydrogen-bond donors (Lipinski definition) is 0. The van der Waals surface area contributed by atoms with Gasteiger partial charge in [0.1, 0.15) is 10.0 Å². The average Bonchev–Trinajstić information content (AvgIpc) is 3.38. The van der Waals surface area contributed by atoms with E-state index in [4.69, 9.17) is 0 Å². The number of nitrogens with zero attached hydrogens (tertiary/aromatic N) is 3. The molecule has 0 unspecified atom stereocenters. The second-order valence-corrected chi connectivity index (χ2v) is 11.1. The predicted molar refractivity (Wildman–Crippen MR) is 116 cm³/mol. The molecule has 2 aromatic heterocycles. The summed E-state index contributed by atoms with van der Waals surface area (Å²) < 4.78 is 43.7. The fraction of sp³-hybridized carbons (Fsp3) is 0.300. The van der Waals surface area contributed by atoms with Crippen LogP contribution >= 0.6 is 22.7 Å². The number of sulfonamides is 1. The Hall–Kier alpha value is -2.14. The van der Waals surface area contributed by atoms with E-state index in [9.17, 15) is 17.6 Å². The summed E-state index contributed by atoms with van der Waals surface area (Å²) in [7, 11) is -3.51. The van der Waals surface area contributed by atoms with E-state index in [0.717, 1.165) is 0 Å². The van der Waals surface area contributed by atoms with Crippen molar-refractivity contribution in [3.63, 3.8) is 0 Å². The first-order chi connectivity index (χ1) is 14.4. The lowest BCUT2D eigenvalue weighted by molar-refractivity contribution is -0.122. The molecule has 4 rings (SSSR count). The van der Waals surface area contributed by atoms with Gasteiger partial charge in [-0.1, -0.05) is 29.5 Å². The van der Waals surface area contributed by atoms with Crippen LogP contribution in [0.25, 0.3) is 10.2 Å². The number of amides is 1. The summed E-state index contributed by atoms with van der Waals surface area (Å²) in [6.45, 7) is 4.60. The normalized spacial score (nSPS) is 16.9. The number of para-hydroxylation sites is 1. The molecule has 1 aliphatic rings. The molecule has 0 aliphatic carbocycles. The summed E-state index contributed by atoms with van der Waals surface area (Å²) in [5.41, 5.74) is 0.408. The quantitative estimate of drug-likeness (QED) is 0.541. The Bertz CT molecular complexity index is 1250. The van der Waals surface area contributed by atoms with Crippen LogP contribution in [-0.2, 0) is 21.4 Å². The van der Waals surface area contributed by atoms with Crippen molar-refractivity contribution in [2.45, 2.75) is 23.6 Å². The molecule has 30 heavy (non-hydrogen) atoms. The Balaban J connectivity index is 1.56. The summed E-state index contributed by atoms with van der Waals surface area (Å²) in [5.74, 6) is -1.02. The summed E-state index contributed by atoms with van der Waals surface area (Å²) in [6, 6.07) is 8.09. The molecule has 0 N–H and O–H groups in total. The summed E-state index contributed by atoms with van der Waals surface area (Å²) in [6.07, 6.45) is 2.46. The van der Waals surface area contributed by atoms with Crippen LogP contribution in [0.4, 0.5) is 4.39 Å². The van der Waals surface area contributed by atoms with E-state index in [1.54, 1.807) is 40.3 Å². The van der Waals surface area contributed by atoms with Crippen LogP contribution in [0.2, 0.25) is 0 Å². The molecular weight excluding hydrogens is 445 g/mol. The Morgan fingerprint density at radius 3 is 2.70 bits per heavy atom. The van der Waals surface area contributed by atoms with Crippen molar-refractivity contribution in [1.82, 2.24) is 8.87 Å². The van der Waals surface area contributed by atoms with E-state index in [1.807, 2.05) is 0 Å². The lowest BCUT2D eigenvalue weighted by Crippen LogP contribution is -2.40. The molecule has 1 fully saturated rings. The highest BCUT2D eigenvalue weighted by Crippen LogP contribution is 2.27. The van der Waals surface area contributed by atoms with Gasteiger partial charge in [-0.25, -0.2) is 12.8 Å². The van der Waals surface area contributed by atoms with Gasteiger partial charge in [0.05, 0.1) is 10.2 Å². The molecule has 1 amide bonds. The molecule has 6 nitrogen and oxygen atoms in total.